The molecule has 1 saturated heterocycles. The zero-order chi connectivity index (χ0) is 13.1. The van der Waals surface area contributed by atoms with Gasteiger partial charge in [0.05, 0.1) is 11.3 Å². The van der Waals surface area contributed by atoms with Gasteiger partial charge in [-0.2, -0.15) is 5.26 Å². The Morgan fingerprint density at radius 3 is 2.67 bits per heavy atom. The van der Waals surface area contributed by atoms with E-state index in [1.165, 1.54) is 12.1 Å². The second kappa shape index (κ2) is 5.36. The molecule has 1 heterocycles. The molecule has 2 rings (SSSR count). The molecule has 2 N–H and O–H groups in total. The molecule has 1 fully saturated rings. The van der Waals surface area contributed by atoms with Crippen LogP contribution in [-0.4, -0.2) is 19.1 Å². The van der Waals surface area contributed by atoms with Crippen molar-refractivity contribution in [2.45, 2.75) is 25.8 Å². The van der Waals surface area contributed by atoms with Gasteiger partial charge in [0.2, 0.25) is 0 Å². The summed E-state index contributed by atoms with van der Waals surface area (Å²) in [6, 6.07) is 6.68. The lowest BCUT2D eigenvalue weighted by molar-refractivity contribution is 0.354. The highest BCUT2D eigenvalue weighted by Gasteiger charge is 2.23. The molecule has 1 aliphatic rings. The molecule has 0 aromatic heterocycles. The number of nitrogens with two attached hydrogens (primary N) is 1. The maximum Gasteiger partial charge on any atom is 0.124 e. The molecule has 1 aromatic carbocycles. The number of anilines is 1. The van der Waals surface area contributed by atoms with Gasteiger partial charge in [-0.1, -0.05) is 0 Å². The molecule has 0 bridgehead atoms. The van der Waals surface area contributed by atoms with Crippen LogP contribution >= 0.6 is 0 Å². The van der Waals surface area contributed by atoms with Crippen molar-refractivity contribution in [2.24, 2.45) is 11.7 Å². The summed E-state index contributed by atoms with van der Waals surface area (Å²) >= 11 is 0. The Kier molecular flexibility index (Phi) is 3.83. The standard InChI is InChI=1S/C14H18FN3/c1-10(17)11-4-6-18(7-5-11)14-3-2-13(15)8-12(14)9-16/h2-3,8,10-11H,4-7,17H2,1H3. The van der Waals surface area contributed by atoms with E-state index >= 15 is 0 Å². The molecule has 3 nitrogen and oxygen atoms in total. The number of nitrogens with zero attached hydrogens (tertiary/aromatic N) is 2. The fourth-order valence-corrected chi connectivity index (χ4v) is 2.54. The molecule has 1 unspecified atom stereocenters. The molecule has 0 amide bonds. The number of halogens is 1. The first kappa shape index (κ1) is 12.8. The van der Waals surface area contributed by atoms with Gasteiger partial charge in [-0.05, 0) is 43.9 Å². The van der Waals surface area contributed by atoms with Crippen LogP contribution in [0.4, 0.5) is 10.1 Å². The molecule has 0 radical (unpaired) electrons. The van der Waals surface area contributed by atoms with E-state index in [4.69, 9.17) is 11.0 Å². The lowest BCUT2D eigenvalue weighted by Gasteiger charge is -2.35. The quantitative estimate of drug-likeness (QED) is 0.872. The van der Waals surface area contributed by atoms with Crippen molar-refractivity contribution in [1.82, 2.24) is 0 Å². The van der Waals surface area contributed by atoms with Crippen molar-refractivity contribution < 1.29 is 4.39 Å². The molecule has 1 aliphatic heterocycles. The van der Waals surface area contributed by atoms with Gasteiger partial charge < -0.3 is 10.6 Å². The Balaban J connectivity index is 2.13. The van der Waals surface area contributed by atoms with E-state index in [1.807, 2.05) is 6.92 Å². The van der Waals surface area contributed by atoms with Gasteiger partial charge in [-0.3, -0.25) is 0 Å². The van der Waals surface area contributed by atoms with E-state index < -0.39 is 0 Å². The van der Waals surface area contributed by atoms with E-state index in [0.717, 1.165) is 31.6 Å². The third-order valence-corrected chi connectivity index (χ3v) is 3.70. The summed E-state index contributed by atoms with van der Waals surface area (Å²) in [6.07, 6.45) is 2.06. The Bertz CT molecular complexity index is 457. The topological polar surface area (TPSA) is 53.0 Å². The number of hydrogen-bond donors (Lipinski definition) is 1. The Hall–Kier alpha value is -1.60. The number of nitriles is 1. The van der Waals surface area contributed by atoms with Crippen LogP contribution < -0.4 is 10.6 Å². The normalized spacial score (nSPS) is 18.4. The summed E-state index contributed by atoms with van der Waals surface area (Å²) in [6.45, 7) is 3.80. The minimum absolute atomic E-state index is 0.218. The Morgan fingerprint density at radius 1 is 1.44 bits per heavy atom. The van der Waals surface area contributed by atoms with Gasteiger partial charge in [0.25, 0.3) is 0 Å². The lowest BCUT2D eigenvalue weighted by atomic mass is 9.90. The van der Waals surface area contributed by atoms with Crippen molar-refractivity contribution in [1.29, 1.82) is 5.26 Å². The average Bonchev–Trinajstić information content (AvgIpc) is 2.38. The predicted octanol–water partition coefficient (Wildman–Crippen LogP) is 2.26. The summed E-state index contributed by atoms with van der Waals surface area (Å²) in [7, 11) is 0. The van der Waals surface area contributed by atoms with Crippen molar-refractivity contribution in [3.05, 3.63) is 29.6 Å². The van der Waals surface area contributed by atoms with E-state index in [0.29, 0.717) is 11.5 Å². The SMILES string of the molecule is CC(N)C1CCN(c2ccc(F)cc2C#N)CC1. The molecule has 96 valence electrons. The molecule has 18 heavy (non-hydrogen) atoms. The second-order valence-corrected chi connectivity index (χ2v) is 4.96. The summed E-state index contributed by atoms with van der Waals surface area (Å²) in [5, 5.41) is 9.05. The highest BCUT2D eigenvalue weighted by atomic mass is 19.1. The van der Waals surface area contributed by atoms with Crippen molar-refractivity contribution in [2.75, 3.05) is 18.0 Å². The van der Waals surface area contributed by atoms with Crippen LogP contribution in [-0.2, 0) is 0 Å². The molecule has 0 spiro atoms. The molecular formula is C14H18FN3. The van der Waals surface area contributed by atoms with E-state index in [9.17, 15) is 4.39 Å². The predicted molar refractivity (Wildman–Crippen MR) is 69.7 cm³/mol. The first-order chi connectivity index (χ1) is 8.61. The Morgan fingerprint density at radius 2 is 2.11 bits per heavy atom. The van der Waals surface area contributed by atoms with Crippen LogP contribution in [0.15, 0.2) is 18.2 Å². The summed E-state index contributed by atoms with van der Waals surface area (Å²) < 4.78 is 13.1. The van der Waals surface area contributed by atoms with Crippen molar-refractivity contribution in [3.63, 3.8) is 0 Å². The third kappa shape index (κ3) is 2.62. The van der Waals surface area contributed by atoms with E-state index in [-0.39, 0.29) is 11.9 Å². The number of hydrogen-bond acceptors (Lipinski definition) is 3. The summed E-state index contributed by atoms with van der Waals surface area (Å²) in [5.41, 5.74) is 7.15. The van der Waals surface area contributed by atoms with Crippen LogP contribution in [0.5, 0.6) is 0 Å². The van der Waals surface area contributed by atoms with Gasteiger partial charge in [0.1, 0.15) is 11.9 Å². The summed E-state index contributed by atoms with van der Waals surface area (Å²) in [4.78, 5) is 2.15. The van der Waals surface area contributed by atoms with Crippen LogP contribution in [0.1, 0.15) is 25.3 Å². The minimum Gasteiger partial charge on any atom is -0.370 e. The average molecular weight is 247 g/mol. The molecule has 0 saturated carbocycles. The minimum atomic E-state index is -0.360. The highest BCUT2D eigenvalue weighted by Crippen LogP contribution is 2.27. The van der Waals surface area contributed by atoms with E-state index in [1.54, 1.807) is 6.07 Å². The van der Waals surface area contributed by atoms with Crippen LogP contribution in [0.2, 0.25) is 0 Å². The van der Waals surface area contributed by atoms with Crippen molar-refractivity contribution in [3.8, 4) is 6.07 Å². The zero-order valence-electron chi connectivity index (χ0n) is 10.6. The van der Waals surface area contributed by atoms with Gasteiger partial charge in [0.15, 0.2) is 0 Å². The third-order valence-electron chi connectivity index (χ3n) is 3.70. The van der Waals surface area contributed by atoms with Crippen LogP contribution in [0.25, 0.3) is 0 Å². The first-order valence-electron chi connectivity index (χ1n) is 6.32. The molecular weight excluding hydrogens is 229 g/mol. The molecule has 4 heteroatoms. The maximum atomic E-state index is 13.1. The molecule has 1 atom stereocenters. The number of benzene rings is 1. The zero-order valence-corrected chi connectivity index (χ0v) is 10.6. The van der Waals surface area contributed by atoms with Gasteiger partial charge in [-0.15, -0.1) is 0 Å². The van der Waals surface area contributed by atoms with Gasteiger partial charge >= 0.3 is 0 Å². The highest BCUT2D eigenvalue weighted by molar-refractivity contribution is 5.59. The smallest absolute Gasteiger partial charge is 0.124 e. The van der Waals surface area contributed by atoms with E-state index in [2.05, 4.69) is 11.0 Å². The van der Waals surface area contributed by atoms with Crippen LogP contribution in [0.3, 0.4) is 0 Å². The van der Waals surface area contributed by atoms with Gasteiger partial charge in [-0.25, -0.2) is 4.39 Å². The number of rotatable bonds is 2. The van der Waals surface area contributed by atoms with Crippen molar-refractivity contribution >= 4 is 5.69 Å². The maximum absolute atomic E-state index is 13.1. The first-order valence-corrected chi connectivity index (χ1v) is 6.32. The fourth-order valence-electron chi connectivity index (χ4n) is 2.54. The molecule has 1 aromatic rings. The number of piperidine rings is 1. The Labute approximate surface area is 107 Å². The molecule has 0 aliphatic carbocycles. The fraction of sp³-hybridized carbons (Fsp3) is 0.500. The van der Waals surface area contributed by atoms with Gasteiger partial charge in [0, 0.05) is 19.1 Å². The van der Waals surface area contributed by atoms with Crippen LogP contribution in [0, 0.1) is 23.1 Å². The lowest BCUT2D eigenvalue weighted by Crippen LogP contribution is -2.40. The largest absolute Gasteiger partial charge is 0.370 e. The second-order valence-electron chi connectivity index (χ2n) is 4.96. The summed E-state index contributed by atoms with van der Waals surface area (Å²) in [5.74, 6) is 0.188. The monoisotopic (exact) mass is 247 g/mol.